The van der Waals surface area contributed by atoms with Gasteiger partial charge in [-0.15, -0.1) is 0 Å². The van der Waals surface area contributed by atoms with Crippen LogP contribution < -0.4 is 10.6 Å². The molecule has 4 fully saturated rings. The molecule has 4 N–H and O–H groups in total. The highest BCUT2D eigenvalue weighted by Gasteiger charge is 2.40. The number of carbonyl (C=O) groups is 4. The molecule has 4 rings (SSSR count). The summed E-state index contributed by atoms with van der Waals surface area (Å²) in [5.74, 6) is -2.38. The summed E-state index contributed by atoms with van der Waals surface area (Å²) in [4.78, 5) is 46.1. The van der Waals surface area contributed by atoms with Crippen molar-refractivity contribution in [2.75, 3.05) is 39.3 Å². The second kappa shape index (κ2) is 13.5. The van der Waals surface area contributed by atoms with E-state index in [1.54, 1.807) is 0 Å². The molecule has 4 aliphatic rings. The van der Waals surface area contributed by atoms with E-state index >= 15 is 0 Å². The van der Waals surface area contributed by atoms with Crippen LogP contribution in [0.2, 0.25) is 0 Å². The first-order valence-electron chi connectivity index (χ1n) is 13.5. The minimum atomic E-state index is -1.82. The van der Waals surface area contributed by atoms with Crippen LogP contribution in [-0.2, 0) is 19.1 Å². The van der Waals surface area contributed by atoms with Gasteiger partial charge in [0.1, 0.15) is 11.2 Å². The van der Waals surface area contributed by atoms with Gasteiger partial charge in [-0.25, -0.2) is 19.2 Å². The van der Waals surface area contributed by atoms with Gasteiger partial charge in [-0.2, -0.15) is 0 Å². The highest BCUT2D eigenvalue weighted by atomic mass is 16.6. The molecule has 0 aromatic carbocycles. The standard InChI is InChI=1S/2C12H22N2O2.C2H2O4/c2*1-12(2,3)16-11(15)14-6-4-5-10(14)9-7-13-8-9;3-1(4)2(5)6/h2*9-10,13H,4-8H2,1-3H3;(H,3,4)(H,5,6). The van der Waals surface area contributed by atoms with Gasteiger partial charge in [0.25, 0.3) is 0 Å². The number of carboxylic acid groups (broad SMARTS) is 2. The van der Waals surface area contributed by atoms with Crippen LogP contribution in [0.4, 0.5) is 9.59 Å². The zero-order chi connectivity index (χ0) is 28.7. The summed E-state index contributed by atoms with van der Waals surface area (Å²) < 4.78 is 10.9. The van der Waals surface area contributed by atoms with Gasteiger partial charge in [0.2, 0.25) is 0 Å². The number of aliphatic carboxylic acids is 2. The molecule has 12 nitrogen and oxygen atoms in total. The van der Waals surface area contributed by atoms with Gasteiger partial charge in [-0.1, -0.05) is 0 Å². The Morgan fingerprint density at radius 1 is 0.658 bits per heavy atom. The van der Waals surface area contributed by atoms with Crippen molar-refractivity contribution >= 4 is 24.1 Å². The quantitative estimate of drug-likeness (QED) is 0.382. The number of nitrogens with one attached hydrogen (secondary N) is 2. The number of ether oxygens (including phenoxy) is 2. The maximum atomic E-state index is 12.0. The highest BCUT2D eigenvalue weighted by Crippen LogP contribution is 2.29. The monoisotopic (exact) mass is 542 g/mol. The number of carbonyl (C=O) groups excluding carboxylic acids is 2. The van der Waals surface area contributed by atoms with Gasteiger partial charge in [0.15, 0.2) is 0 Å². The number of hydrogen-bond donors (Lipinski definition) is 4. The lowest BCUT2D eigenvalue weighted by Gasteiger charge is -2.38. The second-order valence-corrected chi connectivity index (χ2v) is 12.2. The molecule has 12 heteroatoms. The van der Waals surface area contributed by atoms with Crippen LogP contribution >= 0.6 is 0 Å². The average Bonchev–Trinajstić information content (AvgIpc) is 3.34. The van der Waals surface area contributed by atoms with Gasteiger partial charge in [0.05, 0.1) is 0 Å². The third-order valence-electron chi connectivity index (χ3n) is 6.75. The molecule has 0 aromatic heterocycles. The van der Waals surface area contributed by atoms with Crippen molar-refractivity contribution in [3.05, 3.63) is 0 Å². The van der Waals surface area contributed by atoms with Crippen molar-refractivity contribution in [3.63, 3.8) is 0 Å². The molecule has 0 radical (unpaired) electrons. The van der Waals surface area contributed by atoms with E-state index in [0.29, 0.717) is 23.9 Å². The Morgan fingerprint density at radius 3 is 1.18 bits per heavy atom. The van der Waals surface area contributed by atoms with Gasteiger partial charge < -0.3 is 40.1 Å². The fourth-order valence-corrected chi connectivity index (χ4v) is 4.83. The molecule has 2 unspecified atom stereocenters. The zero-order valence-electron chi connectivity index (χ0n) is 23.6. The molecule has 4 saturated heterocycles. The Balaban J connectivity index is 0.000000221. The SMILES string of the molecule is CC(C)(C)OC(=O)N1CCCC1C1CNC1.CC(C)(C)OC(=O)N1CCCC1C1CNC1.O=C(O)C(=O)O. The molecule has 0 aromatic rings. The van der Waals surface area contributed by atoms with E-state index in [1.165, 1.54) is 0 Å². The summed E-state index contributed by atoms with van der Waals surface area (Å²) in [5.41, 5.74) is -0.774. The molecule has 0 spiro atoms. The Labute approximate surface area is 225 Å². The van der Waals surface area contributed by atoms with E-state index in [0.717, 1.165) is 65.0 Å². The summed E-state index contributed by atoms with van der Waals surface area (Å²) in [6.07, 6.45) is 4.21. The lowest BCUT2D eigenvalue weighted by atomic mass is 9.92. The van der Waals surface area contributed by atoms with Crippen LogP contribution in [0.3, 0.4) is 0 Å². The van der Waals surface area contributed by atoms with Gasteiger partial charge in [-0.05, 0) is 67.2 Å². The molecule has 38 heavy (non-hydrogen) atoms. The van der Waals surface area contributed by atoms with Crippen molar-refractivity contribution < 1.29 is 38.9 Å². The average molecular weight is 543 g/mol. The topological polar surface area (TPSA) is 158 Å². The molecule has 218 valence electrons. The molecule has 0 aliphatic carbocycles. The summed E-state index contributed by atoms with van der Waals surface area (Å²) in [6.45, 7) is 17.4. The number of nitrogens with zero attached hydrogens (tertiary/aromatic N) is 2. The first-order valence-corrected chi connectivity index (χ1v) is 13.5. The Hall–Kier alpha value is -2.60. The summed E-state index contributed by atoms with van der Waals surface area (Å²) in [5, 5.41) is 21.3. The maximum Gasteiger partial charge on any atom is 0.414 e. The fraction of sp³-hybridized carbons (Fsp3) is 0.846. The third kappa shape index (κ3) is 9.94. The largest absolute Gasteiger partial charge is 0.473 e. The Kier molecular flexibility index (Phi) is 11.2. The normalized spacial score (nSPS) is 23.6. The van der Waals surface area contributed by atoms with Crippen molar-refractivity contribution in [2.45, 2.75) is 90.5 Å². The van der Waals surface area contributed by atoms with Crippen LogP contribution in [0.1, 0.15) is 67.2 Å². The van der Waals surface area contributed by atoms with Crippen molar-refractivity contribution in [1.82, 2.24) is 20.4 Å². The molecule has 4 aliphatic heterocycles. The van der Waals surface area contributed by atoms with E-state index in [9.17, 15) is 9.59 Å². The molecule has 0 saturated carbocycles. The molecule has 2 amide bonds. The van der Waals surface area contributed by atoms with Crippen molar-refractivity contribution in [1.29, 1.82) is 0 Å². The third-order valence-corrected chi connectivity index (χ3v) is 6.75. The molecule has 2 atom stereocenters. The number of rotatable bonds is 2. The molecule has 0 bridgehead atoms. The first kappa shape index (κ1) is 31.6. The maximum absolute atomic E-state index is 12.0. The van der Waals surface area contributed by atoms with Crippen LogP contribution in [0.15, 0.2) is 0 Å². The highest BCUT2D eigenvalue weighted by molar-refractivity contribution is 6.27. The first-order chi connectivity index (χ1) is 17.6. The summed E-state index contributed by atoms with van der Waals surface area (Å²) in [6, 6.07) is 0.798. The number of carboxylic acids is 2. The van der Waals surface area contributed by atoms with Crippen molar-refractivity contribution in [3.8, 4) is 0 Å². The molecule has 4 heterocycles. The minimum absolute atomic E-state index is 0.137. The predicted molar refractivity (Wildman–Crippen MR) is 140 cm³/mol. The lowest BCUT2D eigenvalue weighted by Crippen LogP contribution is -2.54. The van der Waals surface area contributed by atoms with E-state index < -0.39 is 11.9 Å². The van der Waals surface area contributed by atoms with Crippen LogP contribution in [0.5, 0.6) is 0 Å². The molecular weight excluding hydrogens is 496 g/mol. The summed E-state index contributed by atoms with van der Waals surface area (Å²) >= 11 is 0. The fourth-order valence-electron chi connectivity index (χ4n) is 4.83. The zero-order valence-corrected chi connectivity index (χ0v) is 23.6. The van der Waals surface area contributed by atoms with E-state index in [4.69, 9.17) is 29.3 Å². The van der Waals surface area contributed by atoms with Gasteiger partial charge in [-0.3, -0.25) is 0 Å². The smallest absolute Gasteiger partial charge is 0.414 e. The van der Waals surface area contributed by atoms with Crippen LogP contribution in [-0.4, -0.2) is 107 Å². The summed E-state index contributed by atoms with van der Waals surface area (Å²) in [7, 11) is 0. The van der Waals surface area contributed by atoms with Crippen molar-refractivity contribution in [2.24, 2.45) is 11.8 Å². The minimum Gasteiger partial charge on any atom is -0.473 e. The molecular formula is C26H46N4O8. The number of amides is 2. The van der Waals surface area contributed by atoms with E-state index in [-0.39, 0.29) is 23.4 Å². The van der Waals surface area contributed by atoms with Gasteiger partial charge in [0, 0.05) is 63.2 Å². The number of hydrogen-bond acceptors (Lipinski definition) is 8. The predicted octanol–water partition coefficient (Wildman–Crippen LogP) is 2.37. The van der Waals surface area contributed by atoms with E-state index in [1.807, 2.05) is 51.3 Å². The van der Waals surface area contributed by atoms with Crippen LogP contribution in [0, 0.1) is 11.8 Å². The number of likely N-dealkylation sites (tertiary alicyclic amines) is 2. The van der Waals surface area contributed by atoms with E-state index in [2.05, 4.69) is 10.6 Å². The Bertz CT molecular complexity index is 762. The Morgan fingerprint density at radius 2 is 0.974 bits per heavy atom. The van der Waals surface area contributed by atoms with Crippen LogP contribution in [0.25, 0.3) is 0 Å². The van der Waals surface area contributed by atoms with Gasteiger partial charge >= 0.3 is 24.1 Å². The second-order valence-electron chi connectivity index (χ2n) is 12.2. The lowest BCUT2D eigenvalue weighted by molar-refractivity contribution is -0.159.